The van der Waals surface area contributed by atoms with E-state index in [1.54, 1.807) is 30.3 Å². The van der Waals surface area contributed by atoms with E-state index in [4.69, 9.17) is 46.4 Å². The van der Waals surface area contributed by atoms with E-state index in [0.717, 1.165) is 0 Å². The summed E-state index contributed by atoms with van der Waals surface area (Å²) in [6.07, 6.45) is 0. The van der Waals surface area contributed by atoms with E-state index in [-0.39, 0.29) is 23.5 Å². The molecule has 2 amide bonds. The zero-order valence-electron chi connectivity index (χ0n) is 19.1. The Morgan fingerprint density at radius 3 is 2.29 bits per heavy atom. The molecule has 0 bridgehead atoms. The Hall–Kier alpha value is -1.97. The molecule has 0 spiro atoms. The van der Waals surface area contributed by atoms with Gasteiger partial charge in [-0.2, -0.15) is 0 Å². The van der Waals surface area contributed by atoms with Crippen molar-refractivity contribution in [2.45, 2.75) is 38.5 Å². The molecule has 35 heavy (non-hydrogen) atoms. The van der Waals surface area contributed by atoms with Crippen molar-refractivity contribution in [2.75, 3.05) is 11.1 Å². The summed E-state index contributed by atoms with van der Waals surface area (Å²) in [7, 11) is 0. The van der Waals surface area contributed by atoms with Crippen molar-refractivity contribution < 1.29 is 9.59 Å². The topological polar surface area (TPSA) is 88.9 Å². The summed E-state index contributed by atoms with van der Waals surface area (Å²) in [6, 6.07) is 9.12. The summed E-state index contributed by atoms with van der Waals surface area (Å²) in [6.45, 7) is 6.46. The lowest BCUT2D eigenvalue weighted by Crippen LogP contribution is -2.33. The molecule has 0 aliphatic carbocycles. The fourth-order valence-corrected chi connectivity index (χ4v) is 4.91. The highest BCUT2D eigenvalue weighted by Gasteiger charge is 2.26. The average Bonchev–Trinajstić information content (AvgIpc) is 3.19. The van der Waals surface area contributed by atoms with Crippen LogP contribution in [0.15, 0.2) is 41.6 Å². The fourth-order valence-electron chi connectivity index (χ4n) is 3.28. The minimum absolute atomic E-state index is 0.0185. The number of hydrogen-bond acceptors (Lipinski definition) is 5. The van der Waals surface area contributed by atoms with Gasteiger partial charge in [0.05, 0.1) is 21.8 Å². The Kier molecular flexibility index (Phi) is 9.72. The Morgan fingerprint density at radius 2 is 1.69 bits per heavy atom. The summed E-state index contributed by atoms with van der Waals surface area (Å²) in [5, 5.41) is 16.5. The van der Waals surface area contributed by atoms with Crippen LogP contribution in [0.5, 0.6) is 0 Å². The van der Waals surface area contributed by atoms with Gasteiger partial charge in [0, 0.05) is 27.8 Å². The van der Waals surface area contributed by atoms with Crippen molar-refractivity contribution >= 4 is 75.7 Å². The Bertz CT molecular complexity index is 1210. The summed E-state index contributed by atoms with van der Waals surface area (Å²) >= 11 is 25.2. The molecule has 1 atom stereocenters. The van der Waals surface area contributed by atoms with Gasteiger partial charge >= 0.3 is 0 Å². The second-order valence-electron chi connectivity index (χ2n) is 7.90. The minimum Gasteiger partial charge on any atom is -0.342 e. The first kappa shape index (κ1) is 27.6. The molecule has 0 aliphatic heterocycles. The van der Waals surface area contributed by atoms with Gasteiger partial charge in [-0.1, -0.05) is 72.0 Å². The third-order valence-electron chi connectivity index (χ3n) is 4.95. The molecule has 3 rings (SSSR count). The molecule has 0 fully saturated rings. The number of rotatable bonds is 9. The summed E-state index contributed by atoms with van der Waals surface area (Å²) in [5.74, 6) is 0.172. The molecule has 2 N–H and O–H groups in total. The molecule has 1 aromatic heterocycles. The molecule has 0 radical (unpaired) electrons. The zero-order valence-corrected chi connectivity index (χ0v) is 23.0. The highest BCUT2D eigenvalue weighted by molar-refractivity contribution is 7.99. The minimum atomic E-state index is -0.416. The summed E-state index contributed by atoms with van der Waals surface area (Å²) in [5.41, 5.74) is 0.899. The van der Waals surface area contributed by atoms with E-state index in [1.807, 2.05) is 25.3 Å². The molecular weight excluding hydrogens is 552 g/mol. The number of anilines is 1. The number of nitrogens with zero attached hydrogens (tertiary/aromatic N) is 3. The van der Waals surface area contributed by atoms with Crippen LogP contribution in [-0.4, -0.2) is 32.3 Å². The highest BCUT2D eigenvalue weighted by Crippen LogP contribution is 2.28. The first-order valence-electron chi connectivity index (χ1n) is 10.7. The molecule has 2 aromatic carbocycles. The Balaban J connectivity index is 1.72. The van der Waals surface area contributed by atoms with E-state index in [1.165, 1.54) is 17.8 Å². The number of carbonyl (C=O) groups is 2. The van der Waals surface area contributed by atoms with Crippen LogP contribution in [0, 0.1) is 5.92 Å². The van der Waals surface area contributed by atoms with Crippen LogP contribution in [0.1, 0.15) is 43.0 Å². The highest BCUT2D eigenvalue weighted by atomic mass is 35.5. The van der Waals surface area contributed by atoms with Crippen LogP contribution in [0.4, 0.5) is 5.69 Å². The first-order chi connectivity index (χ1) is 16.6. The first-order valence-corrected chi connectivity index (χ1v) is 13.2. The molecule has 0 saturated carbocycles. The van der Waals surface area contributed by atoms with Crippen molar-refractivity contribution in [3.05, 3.63) is 67.9 Å². The van der Waals surface area contributed by atoms with Gasteiger partial charge in [0.25, 0.3) is 5.91 Å². The number of amides is 2. The Morgan fingerprint density at radius 1 is 1.00 bits per heavy atom. The fraction of sp³-hybridized carbons (Fsp3) is 0.304. The standard InChI is InChI=1S/C23H23Cl4N5O2S/c1-4-32-21(20(12(2)3)29-22(34)13-5-6-17(26)18(27)7-13)30-31-23(32)35-11-19(33)28-16-9-14(24)8-15(25)10-16/h5-10,12,20H,4,11H2,1-3H3,(H,28,33)(H,29,34)/t20-/m0/s1. The SMILES string of the molecule is CCn1c(SCC(=O)Nc2cc(Cl)cc(Cl)c2)nnc1[C@@H](NC(=O)c1ccc(Cl)c(Cl)c1)C(C)C. The smallest absolute Gasteiger partial charge is 0.251 e. The van der Waals surface area contributed by atoms with Gasteiger partial charge in [0.1, 0.15) is 0 Å². The van der Waals surface area contributed by atoms with Gasteiger partial charge in [0.2, 0.25) is 5.91 Å². The van der Waals surface area contributed by atoms with E-state index in [9.17, 15) is 9.59 Å². The maximum atomic E-state index is 12.9. The van der Waals surface area contributed by atoms with Crippen LogP contribution in [0.25, 0.3) is 0 Å². The van der Waals surface area contributed by atoms with E-state index >= 15 is 0 Å². The number of benzene rings is 2. The van der Waals surface area contributed by atoms with E-state index in [0.29, 0.717) is 48.9 Å². The van der Waals surface area contributed by atoms with Gasteiger partial charge in [-0.05, 0) is 49.2 Å². The molecule has 12 heteroatoms. The average molecular weight is 575 g/mol. The van der Waals surface area contributed by atoms with E-state index in [2.05, 4.69) is 20.8 Å². The number of halogens is 4. The van der Waals surface area contributed by atoms with Crippen molar-refractivity contribution in [2.24, 2.45) is 5.92 Å². The van der Waals surface area contributed by atoms with Gasteiger partial charge in [-0.15, -0.1) is 10.2 Å². The van der Waals surface area contributed by atoms with Crippen molar-refractivity contribution in [3.8, 4) is 0 Å². The van der Waals surface area contributed by atoms with E-state index < -0.39 is 6.04 Å². The van der Waals surface area contributed by atoms with Crippen molar-refractivity contribution in [1.82, 2.24) is 20.1 Å². The van der Waals surface area contributed by atoms with Crippen LogP contribution in [0.2, 0.25) is 20.1 Å². The molecule has 186 valence electrons. The lowest BCUT2D eigenvalue weighted by Gasteiger charge is -2.22. The molecule has 0 unspecified atom stereocenters. The van der Waals surface area contributed by atoms with Gasteiger partial charge in [0.15, 0.2) is 11.0 Å². The number of aromatic nitrogens is 3. The predicted molar refractivity (Wildman–Crippen MR) is 143 cm³/mol. The molecule has 1 heterocycles. The maximum Gasteiger partial charge on any atom is 0.251 e. The maximum absolute atomic E-state index is 12.9. The number of nitrogens with one attached hydrogen (secondary N) is 2. The zero-order chi connectivity index (χ0) is 25.7. The monoisotopic (exact) mass is 573 g/mol. The molecule has 3 aromatic rings. The number of carbonyl (C=O) groups excluding carboxylic acids is 2. The lowest BCUT2D eigenvalue weighted by molar-refractivity contribution is -0.113. The largest absolute Gasteiger partial charge is 0.342 e. The quantitative estimate of drug-likeness (QED) is 0.275. The molecular formula is C23H23Cl4N5O2S. The van der Waals surface area contributed by atoms with Crippen molar-refractivity contribution in [3.63, 3.8) is 0 Å². The molecule has 7 nitrogen and oxygen atoms in total. The third-order valence-corrected chi connectivity index (χ3v) is 7.10. The summed E-state index contributed by atoms with van der Waals surface area (Å²) < 4.78 is 1.88. The second-order valence-corrected chi connectivity index (χ2v) is 10.5. The summed E-state index contributed by atoms with van der Waals surface area (Å²) in [4.78, 5) is 25.4. The Labute approximate surface area is 227 Å². The van der Waals surface area contributed by atoms with Crippen LogP contribution < -0.4 is 10.6 Å². The van der Waals surface area contributed by atoms with Crippen LogP contribution in [-0.2, 0) is 11.3 Å². The second kappa shape index (κ2) is 12.3. The van der Waals surface area contributed by atoms with Crippen molar-refractivity contribution in [1.29, 1.82) is 0 Å². The lowest BCUT2D eigenvalue weighted by atomic mass is 10.0. The normalized spacial score (nSPS) is 12.0. The predicted octanol–water partition coefficient (Wildman–Crippen LogP) is 6.77. The third kappa shape index (κ3) is 7.27. The van der Waals surface area contributed by atoms with Crippen LogP contribution >= 0.6 is 58.2 Å². The molecule has 0 saturated heterocycles. The molecule has 0 aliphatic rings. The number of thioether (sulfide) groups is 1. The van der Waals surface area contributed by atoms with Gasteiger partial charge in [-0.3, -0.25) is 9.59 Å². The van der Waals surface area contributed by atoms with Gasteiger partial charge < -0.3 is 15.2 Å². The van der Waals surface area contributed by atoms with Gasteiger partial charge in [-0.25, -0.2) is 0 Å². The van der Waals surface area contributed by atoms with Crippen LogP contribution in [0.3, 0.4) is 0 Å². The number of hydrogen-bond donors (Lipinski definition) is 2.